The molecule has 1 amide bonds. The molecule has 1 aromatic rings. The molecule has 29 heavy (non-hydrogen) atoms. The molecular weight excluding hydrogens is 407 g/mol. The molecule has 10 heteroatoms. The van der Waals surface area contributed by atoms with Crippen LogP contribution in [0.2, 0.25) is 0 Å². The van der Waals surface area contributed by atoms with Crippen molar-refractivity contribution in [1.29, 1.82) is 0 Å². The molecule has 0 radical (unpaired) electrons. The fraction of sp³-hybridized carbons (Fsp3) is 0.579. The number of nitrogens with zero attached hydrogens (tertiary/aromatic N) is 2. The van der Waals surface area contributed by atoms with Gasteiger partial charge in [0.2, 0.25) is 5.91 Å². The van der Waals surface area contributed by atoms with Crippen molar-refractivity contribution in [1.82, 2.24) is 4.90 Å². The van der Waals surface area contributed by atoms with Crippen LogP contribution in [0.3, 0.4) is 0 Å². The summed E-state index contributed by atoms with van der Waals surface area (Å²) in [5.41, 5.74) is 0.341. The Bertz CT molecular complexity index is 882. The lowest BCUT2D eigenvalue weighted by Gasteiger charge is -2.29. The van der Waals surface area contributed by atoms with Crippen LogP contribution in [0.5, 0.6) is 0 Å². The first-order valence-electron chi connectivity index (χ1n) is 9.59. The molecule has 1 aliphatic carbocycles. The zero-order chi connectivity index (χ0) is 21.2. The molecule has 6 nitrogen and oxygen atoms in total. The molecule has 1 saturated carbocycles. The third kappa shape index (κ3) is 5.29. The number of likely N-dealkylation sites (tertiary alicyclic amines) is 1. The molecule has 0 spiro atoms. The van der Waals surface area contributed by atoms with Crippen LogP contribution in [-0.4, -0.2) is 44.8 Å². The number of anilines is 1. The van der Waals surface area contributed by atoms with Gasteiger partial charge in [0.05, 0.1) is 10.8 Å². The lowest BCUT2D eigenvalue weighted by molar-refractivity contribution is -0.185. The Labute approximate surface area is 168 Å². The molecule has 1 heterocycles. The average Bonchev–Trinajstić information content (AvgIpc) is 3.05. The van der Waals surface area contributed by atoms with Gasteiger partial charge in [0.15, 0.2) is 0 Å². The van der Waals surface area contributed by atoms with Gasteiger partial charge in [-0.2, -0.15) is 21.6 Å². The summed E-state index contributed by atoms with van der Waals surface area (Å²) in [6.07, 6.45) is -2.23. The number of hydrogen-bond donors (Lipinski definition) is 1. The highest BCUT2D eigenvalue weighted by Crippen LogP contribution is 2.40. The van der Waals surface area contributed by atoms with E-state index in [0.29, 0.717) is 30.8 Å². The molecule has 1 saturated heterocycles. The van der Waals surface area contributed by atoms with Crippen LogP contribution in [0, 0.1) is 11.8 Å². The van der Waals surface area contributed by atoms with Crippen molar-refractivity contribution in [3.8, 4) is 0 Å². The Morgan fingerprint density at radius 1 is 1.17 bits per heavy atom. The zero-order valence-electron chi connectivity index (χ0n) is 16.1. The quantitative estimate of drug-likeness (QED) is 0.786. The molecule has 1 aromatic carbocycles. The van der Waals surface area contributed by atoms with Crippen molar-refractivity contribution in [3.05, 3.63) is 24.3 Å². The Kier molecular flexibility index (Phi) is 6.21. The fourth-order valence-corrected chi connectivity index (χ4v) is 4.87. The summed E-state index contributed by atoms with van der Waals surface area (Å²) in [7, 11) is -2.07. The number of carbonyl (C=O) groups is 1. The highest BCUT2D eigenvalue weighted by atomic mass is 32.2. The van der Waals surface area contributed by atoms with Crippen molar-refractivity contribution in [2.45, 2.75) is 49.6 Å². The van der Waals surface area contributed by atoms with Gasteiger partial charge in [0.25, 0.3) is 10.0 Å². The minimum atomic E-state index is -4.29. The number of benzene rings is 1. The van der Waals surface area contributed by atoms with Gasteiger partial charge in [0.1, 0.15) is 5.84 Å². The lowest BCUT2D eigenvalue weighted by atomic mass is 9.80. The maximum Gasteiger partial charge on any atom is 0.391 e. The van der Waals surface area contributed by atoms with Crippen LogP contribution in [0.25, 0.3) is 0 Å². The van der Waals surface area contributed by atoms with Crippen LogP contribution in [0.15, 0.2) is 33.6 Å². The molecule has 3 rings (SSSR count). The molecule has 2 fully saturated rings. The Morgan fingerprint density at radius 3 is 2.45 bits per heavy atom. The summed E-state index contributed by atoms with van der Waals surface area (Å²) in [4.78, 5) is 14.2. The minimum absolute atomic E-state index is 0.00176. The number of amidine groups is 1. The van der Waals surface area contributed by atoms with E-state index < -0.39 is 33.9 Å². The number of hydrogen-bond acceptors (Lipinski definition) is 3. The molecule has 1 aliphatic heterocycles. The van der Waals surface area contributed by atoms with Gasteiger partial charge in [0, 0.05) is 31.6 Å². The van der Waals surface area contributed by atoms with Crippen LogP contribution in [-0.2, 0) is 14.8 Å². The molecule has 0 aromatic heterocycles. The molecule has 0 bridgehead atoms. The summed E-state index contributed by atoms with van der Waals surface area (Å²) in [5, 5.41) is 2.60. The van der Waals surface area contributed by atoms with Gasteiger partial charge in [-0.15, -0.1) is 4.40 Å². The van der Waals surface area contributed by atoms with Gasteiger partial charge < -0.3 is 10.2 Å². The lowest BCUT2D eigenvalue weighted by Crippen LogP contribution is -2.34. The molecule has 160 valence electrons. The molecule has 2 aliphatic rings. The van der Waals surface area contributed by atoms with Crippen LogP contribution in [0.1, 0.15) is 38.5 Å². The first-order valence-corrected chi connectivity index (χ1v) is 11.0. The largest absolute Gasteiger partial charge is 0.391 e. The Morgan fingerprint density at radius 2 is 1.86 bits per heavy atom. The predicted octanol–water partition coefficient (Wildman–Crippen LogP) is 3.81. The molecule has 1 N–H and O–H groups in total. The maximum atomic E-state index is 12.9. The fourth-order valence-electron chi connectivity index (χ4n) is 3.78. The second kappa shape index (κ2) is 8.33. The number of carbonyl (C=O) groups excluding carboxylic acids is 1. The van der Waals surface area contributed by atoms with E-state index in [4.69, 9.17) is 0 Å². The van der Waals surface area contributed by atoms with Crippen LogP contribution in [0.4, 0.5) is 18.9 Å². The highest BCUT2D eigenvalue weighted by Gasteiger charge is 2.43. The third-order valence-electron chi connectivity index (χ3n) is 5.49. The number of amides is 1. The van der Waals surface area contributed by atoms with Gasteiger partial charge in [-0.3, -0.25) is 4.79 Å². The monoisotopic (exact) mass is 431 g/mol. The minimum Gasteiger partial charge on any atom is -0.362 e. The smallest absolute Gasteiger partial charge is 0.362 e. The van der Waals surface area contributed by atoms with Crippen molar-refractivity contribution in [3.63, 3.8) is 0 Å². The highest BCUT2D eigenvalue weighted by molar-refractivity contribution is 7.90. The summed E-state index contributed by atoms with van der Waals surface area (Å²) in [6.45, 7) is 0.760. The van der Waals surface area contributed by atoms with Crippen molar-refractivity contribution in [2.75, 3.05) is 18.9 Å². The summed E-state index contributed by atoms with van der Waals surface area (Å²) in [6, 6.07) is 5.52. The second-order valence-corrected chi connectivity index (χ2v) is 9.23. The normalized spacial score (nSPS) is 24.7. The summed E-state index contributed by atoms with van der Waals surface area (Å²) >= 11 is 0. The zero-order valence-corrected chi connectivity index (χ0v) is 16.9. The first kappa shape index (κ1) is 21.6. The van der Waals surface area contributed by atoms with Gasteiger partial charge in [-0.1, -0.05) is 6.42 Å². The van der Waals surface area contributed by atoms with Crippen LogP contribution >= 0.6 is 0 Å². The number of nitrogens with one attached hydrogen (secondary N) is 1. The van der Waals surface area contributed by atoms with E-state index >= 15 is 0 Å². The molecule has 2 unspecified atom stereocenters. The number of alkyl halides is 3. The Hall–Kier alpha value is -2.10. The van der Waals surface area contributed by atoms with Gasteiger partial charge >= 0.3 is 6.18 Å². The second-order valence-electron chi connectivity index (χ2n) is 7.62. The van der Waals surface area contributed by atoms with E-state index in [2.05, 4.69) is 9.71 Å². The van der Waals surface area contributed by atoms with Gasteiger partial charge in [-0.05, 0) is 49.9 Å². The van der Waals surface area contributed by atoms with Gasteiger partial charge in [-0.25, -0.2) is 0 Å². The average molecular weight is 431 g/mol. The van der Waals surface area contributed by atoms with E-state index in [1.54, 1.807) is 11.9 Å². The van der Waals surface area contributed by atoms with E-state index in [9.17, 15) is 26.4 Å². The molecular formula is C19H24F3N3O3S. The predicted molar refractivity (Wildman–Crippen MR) is 103 cm³/mol. The standard InChI is InChI=1S/C19H24F3N3O3S/c1-25-11-3-6-17(25)24-29(27,28)16-9-7-15(8-10-16)23-18(26)13-4-2-5-14(12-13)19(20,21)22/h7-10,13-14H,2-6,11-12H2,1H3,(H,23,26)/b24-17+. The van der Waals surface area contributed by atoms with E-state index in [1.165, 1.54) is 24.3 Å². The maximum absolute atomic E-state index is 12.9. The van der Waals surface area contributed by atoms with Crippen molar-refractivity contribution in [2.24, 2.45) is 16.2 Å². The number of halogens is 3. The van der Waals surface area contributed by atoms with Crippen LogP contribution < -0.4 is 5.32 Å². The van der Waals surface area contributed by atoms with E-state index in [-0.39, 0.29) is 17.7 Å². The number of rotatable bonds is 4. The summed E-state index contributed by atoms with van der Waals surface area (Å²) < 4.78 is 67.5. The number of sulfonamides is 1. The Balaban J connectivity index is 1.65. The van der Waals surface area contributed by atoms with E-state index in [1.807, 2.05) is 0 Å². The molecule has 2 atom stereocenters. The van der Waals surface area contributed by atoms with Crippen molar-refractivity contribution >= 4 is 27.5 Å². The summed E-state index contributed by atoms with van der Waals surface area (Å²) in [5.74, 6) is -2.11. The van der Waals surface area contributed by atoms with E-state index in [0.717, 1.165) is 13.0 Å². The SMILES string of the molecule is CN1CCC/C1=N\S(=O)(=O)c1ccc(NC(=O)C2CCCC(C(F)(F)F)C2)cc1. The first-order chi connectivity index (χ1) is 13.6. The third-order valence-corrected chi connectivity index (χ3v) is 6.81. The van der Waals surface area contributed by atoms with Crippen molar-refractivity contribution < 1.29 is 26.4 Å². The topological polar surface area (TPSA) is 78.8 Å².